The van der Waals surface area contributed by atoms with Crippen molar-refractivity contribution in [1.29, 1.82) is 0 Å². The molecule has 1 saturated heterocycles. The van der Waals surface area contributed by atoms with E-state index in [9.17, 15) is 4.79 Å². The van der Waals surface area contributed by atoms with Crippen molar-refractivity contribution in [2.75, 3.05) is 50.0 Å². The number of hydrogen-bond donors (Lipinski definition) is 0. The van der Waals surface area contributed by atoms with Crippen LogP contribution in [0.25, 0.3) is 0 Å². The average molecular weight is 401 g/mol. The minimum atomic E-state index is 0.191. The van der Waals surface area contributed by atoms with Crippen LogP contribution in [0.3, 0.4) is 0 Å². The van der Waals surface area contributed by atoms with Crippen molar-refractivity contribution in [1.82, 2.24) is 4.90 Å². The van der Waals surface area contributed by atoms with E-state index in [1.54, 1.807) is 11.8 Å². The molecule has 150 valence electrons. The molecule has 2 aromatic carbocycles. The van der Waals surface area contributed by atoms with Crippen molar-refractivity contribution < 1.29 is 14.3 Å². The number of para-hydroxylation sites is 2. The van der Waals surface area contributed by atoms with Crippen LogP contribution in [0.4, 0.5) is 5.69 Å². The summed E-state index contributed by atoms with van der Waals surface area (Å²) in [7, 11) is 0. The van der Waals surface area contributed by atoms with Gasteiger partial charge in [-0.05, 0) is 50.2 Å². The molecule has 1 heterocycles. The zero-order valence-electron chi connectivity index (χ0n) is 16.6. The molecule has 1 fully saturated rings. The lowest BCUT2D eigenvalue weighted by molar-refractivity contribution is -0.128. The highest BCUT2D eigenvalue weighted by Gasteiger charge is 2.22. The monoisotopic (exact) mass is 400 g/mol. The Labute approximate surface area is 171 Å². The summed E-state index contributed by atoms with van der Waals surface area (Å²) in [6.07, 6.45) is 0. The number of piperazine rings is 1. The molecule has 0 spiro atoms. The zero-order chi connectivity index (χ0) is 19.8. The number of nitrogens with zero attached hydrogens (tertiary/aromatic N) is 2. The first-order valence-electron chi connectivity index (χ1n) is 9.81. The molecule has 2 aromatic rings. The first kappa shape index (κ1) is 20.4. The topological polar surface area (TPSA) is 42.0 Å². The number of thioether (sulfide) groups is 1. The lowest BCUT2D eigenvalue weighted by Crippen LogP contribution is -2.49. The highest BCUT2D eigenvalue weighted by atomic mass is 32.2. The molecule has 0 bridgehead atoms. The summed E-state index contributed by atoms with van der Waals surface area (Å²) in [5.74, 6) is 2.43. The van der Waals surface area contributed by atoms with Crippen LogP contribution in [-0.2, 0) is 4.79 Å². The van der Waals surface area contributed by atoms with E-state index >= 15 is 0 Å². The highest BCUT2D eigenvalue weighted by Crippen LogP contribution is 2.29. The Morgan fingerprint density at radius 2 is 1.61 bits per heavy atom. The van der Waals surface area contributed by atoms with Crippen molar-refractivity contribution in [3.05, 3.63) is 48.5 Å². The predicted octanol–water partition coefficient (Wildman–Crippen LogP) is 3.92. The molecule has 1 amide bonds. The van der Waals surface area contributed by atoms with Crippen LogP contribution in [0.5, 0.6) is 11.5 Å². The first-order valence-corrected chi connectivity index (χ1v) is 10.8. The third-order valence-corrected chi connectivity index (χ3v) is 5.63. The van der Waals surface area contributed by atoms with Crippen LogP contribution in [0.15, 0.2) is 53.4 Å². The van der Waals surface area contributed by atoms with Gasteiger partial charge in [-0.25, -0.2) is 0 Å². The van der Waals surface area contributed by atoms with Gasteiger partial charge in [0.05, 0.1) is 24.7 Å². The second-order valence-electron chi connectivity index (χ2n) is 6.46. The van der Waals surface area contributed by atoms with Gasteiger partial charge < -0.3 is 19.3 Å². The Morgan fingerprint density at radius 3 is 2.29 bits per heavy atom. The van der Waals surface area contributed by atoms with Gasteiger partial charge in [0.25, 0.3) is 0 Å². The van der Waals surface area contributed by atoms with Crippen molar-refractivity contribution >= 4 is 23.4 Å². The Hall–Kier alpha value is -2.34. The van der Waals surface area contributed by atoms with Gasteiger partial charge in [-0.2, -0.15) is 0 Å². The van der Waals surface area contributed by atoms with E-state index in [4.69, 9.17) is 9.47 Å². The standard InChI is InChI=1S/C22H28N2O3S/c1-3-26-18-9-11-19(12-10-18)28-17-22(25)24-15-13-23(14-16-24)20-7-5-6-8-21(20)27-4-2/h5-12H,3-4,13-17H2,1-2H3. The predicted molar refractivity (Wildman–Crippen MR) is 115 cm³/mol. The normalized spacial score (nSPS) is 14.1. The maximum absolute atomic E-state index is 12.6. The minimum Gasteiger partial charge on any atom is -0.494 e. The van der Waals surface area contributed by atoms with Gasteiger partial charge in [0.2, 0.25) is 5.91 Å². The van der Waals surface area contributed by atoms with E-state index in [2.05, 4.69) is 11.0 Å². The Kier molecular flexibility index (Phi) is 7.48. The number of benzene rings is 2. The Balaban J connectivity index is 1.48. The Morgan fingerprint density at radius 1 is 0.929 bits per heavy atom. The largest absolute Gasteiger partial charge is 0.494 e. The maximum atomic E-state index is 12.6. The van der Waals surface area contributed by atoms with Gasteiger partial charge in [-0.15, -0.1) is 11.8 Å². The molecule has 1 aliphatic rings. The van der Waals surface area contributed by atoms with Crippen molar-refractivity contribution in [3.63, 3.8) is 0 Å². The van der Waals surface area contributed by atoms with Crippen LogP contribution in [-0.4, -0.2) is 56.0 Å². The van der Waals surface area contributed by atoms with Gasteiger partial charge in [0.15, 0.2) is 0 Å². The van der Waals surface area contributed by atoms with Crippen LogP contribution in [0.2, 0.25) is 0 Å². The lowest BCUT2D eigenvalue weighted by Gasteiger charge is -2.36. The van der Waals surface area contributed by atoms with Crippen LogP contribution in [0, 0.1) is 0 Å². The smallest absolute Gasteiger partial charge is 0.233 e. The molecule has 0 aliphatic carbocycles. The average Bonchev–Trinajstić information content (AvgIpc) is 2.74. The van der Waals surface area contributed by atoms with Gasteiger partial charge in [0, 0.05) is 31.1 Å². The summed E-state index contributed by atoms with van der Waals surface area (Å²) in [5.41, 5.74) is 1.11. The van der Waals surface area contributed by atoms with E-state index in [1.807, 2.05) is 61.2 Å². The summed E-state index contributed by atoms with van der Waals surface area (Å²) >= 11 is 1.57. The summed E-state index contributed by atoms with van der Waals surface area (Å²) in [4.78, 5) is 17.9. The fraction of sp³-hybridized carbons (Fsp3) is 0.409. The third kappa shape index (κ3) is 5.35. The van der Waals surface area contributed by atoms with Crippen molar-refractivity contribution in [2.24, 2.45) is 0 Å². The minimum absolute atomic E-state index is 0.191. The third-order valence-electron chi connectivity index (χ3n) is 4.64. The number of carbonyl (C=O) groups excluding carboxylic acids is 1. The van der Waals surface area contributed by atoms with E-state index in [0.29, 0.717) is 19.0 Å². The summed E-state index contributed by atoms with van der Waals surface area (Å²) in [6.45, 7) is 8.40. The van der Waals surface area contributed by atoms with Gasteiger partial charge in [-0.3, -0.25) is 4.79 Å². The SMILES string of the molecule is CCOc1ccc(SCC(=O)N2CCN(c3ccccc3OCC)CC2)cc1. The number of carbonyl (C=O) groups is 1. The zero-order valence-corrected chi connectivity index (χ0v) is 17.4. The molecule has 6 heteroatoms. The second-order valence-corrected chi connectivity index (χ2v) is 7.51. The molecule has 0 radical (unpaired) electrons. The number of rotatable bonds is 8. The molecule has 0 unspecified atom stereocenters. The van der Waals surface area contributed by atoms with Gasteiger partial charge in [-0.1, -0.05) is 12.1 Å². The molecule has 0 aromatic heterocycles. The molecule has 0 N–H and O–H groups in total. The van der Waals surface area contributed by atoms with Crippen molar-refractivity contribution in [3.8, 4) is 11.5 Å². The number of hydrogen-bond acceptors (Lipinski definition) is 5. The van der Waals surface area contributed by atoms with E-state index in [1.165, 1.54) is 0 Å². The molecule has 0 saturated carbocycles. The van der Waals surface area contributed by atoms with Crippen molar-refractivity contribution in [2.45, 2.75) is 18.7 Å². The Bertz CT molecular complexity index is 759. The number of amides is 1. The fourth-order valence-electron chi connectivity index (χ4n) is 3.23. The van der Waals surface area contributed by atoms with E-state index in [-0.39, 0.29) is 5.91 Å². The number of anilines is 1. The fourth-order valence-corrected chi connectivity index (χ4v) is 4.03. The summed E-state index contributed by atoms with van der Waals surface area (Å²) in [5, 5.41) is 0. The van der Waals surface area contributed by atoms with Gasteiger partial charge >= 0.3 is 0 Å². The van der Waals surface area contributed by atoms with E-state index < -0.39 is 0 Å². The van der Waals surface area contributed by atoms with Crippen LogP contribution >= 0.6 is 11.8 Å². The van der Waals surface area contributed by atoms with Gasteiger partial charge in [0.1, 0.15) is 11.5 Å². The first-order chi connectivity index (χ1) is 13.7. The second kappa shape index (κ2) is 10.3. The molecule has 28 heavy (non-hydrogen) atoms. The van der Waals surface area contributed by atoms with Crippen LogP contribution < -0.4 is 14.4 Å². The van der Waals surface area contributed by atoms with E-state index in [0.717, 1.165) is 48.3 Å². The van der Waals surface area contributed by atoms with Crippen LogP contribution in [0.1, 0.15) is 13.8 Å². The molecular formula is C22H28N2O3S. The molecule has 3 rings (SSSR count). The quantitative estimate of drug-likeness (QED) is 0.628. The number of ether oxygens (including phenoxy) is 2. The molecular weight excluding hydrogens is 372 g/mol. The summed E-state index contributed by atoms with van der Waals surface area (Å²) < 4.78 is 11.2. The maximum Gasteiger partial charge on any atom is 0.233 e. The molecule has 1 aliphatic heterocycles. The summed E-state index contributed by atoms with van der Waals surface area (Å²) in [6, 6.07) is 16.0. The lowest BCUT2D eigenvalue weighted by atomic mass is 10.2. The molecule has 5 nitrogen and oxygen atoms in total. The molecule has 0 atom stereocenters. The highest BCUT2D eigenvalue weighted by molar-refractivity contribution is 8.00.